The van der Waals surface area contributed by atoms with Crippen LogP contribution in [-0.4, -0.2) is 16.8 Å². The zero-order valence-corrected chi connectivity index (χ0v) is 13.2. The topological polar surface area (TPSA) is 29.9 Å². The first-order valence-electron chi connectivity index (χ1n) is 5.76. The van der Waals surface area contributed by atoms with E-state index in [0.29, 0.717) is 10.0 Å². The SMILES string of the molecule is CNC(c1ccc(Br)c(Cl)c1F)c1cnn(C)c1C. The van der Waals surface area contributed by atoms with Crippen molar-refractivity contribution < 1.29 is 4.39 Å². The van der Waals surface area contributed by atoms with Crippen molar-refractivity contribution >= 4 is 27.5 Å². The zero-order chi connectivity index (χ0) is 14.2. The molecule has 0 aliphatic carbocycles. The second-order valence-electron chi connectivity index (χ2n) is 4.30. The molecule has 6 heteroatoms. The van der Waals surface area contributed by atoms with Crippen LogP contribution in [0.2, 0.25) is 5.02 Å². The highest BCUT2D eigenvalue weighted by Gasteiger charge is 2.22. The van der Waals surface area contributed by atoms with E-state index in [1.165, 1.54) is 0 Å². The molecule has 3 nitrogen and oxygen atoms in total. The summed E-state index contributed by atoms with van der Waals surface area (Å²) in [6.07, 6.45) is 1.74. The fourth-order valence-electron chi connectivity index (χ4n) is 2.04. The molecule has 2 rings (SSSR count). The van der Waals surface area contributed by atoms with E-state index in [4.69, 9.17) is 11.6 Å². The van der Waals surface area contributed by atoms with E-state index in [2.05, 4.69) is 26.3 Å². The van der Waals surface area contributed by atoms with Gasteiger partial charge in [-0.3, -0.25) is 4.68 Å². The van der Waals surface area contributed by atoms with Gasteiger partial charge in [-0.2, -0.15) is 5.10 Å². The predicted octanol–water partition coefficient (Wildman–Crippen LogP) is 3.59. The van der Waals surface area contributed by atoms with Crippen LogP contribution in [0.3, 0.4) is 0 Å². The summed E-state index contributed by atoms with van der Waals surface area (Å²) in [6, 6.07) is 3.19. The summed E-state index contributed by atoms with van der Waals surface area (Å²) in [5.41, 5.74) is 2.42. The Hall–Kier alpha value is -0.910. The molecule has 0 aliphatic heterocycles. The van der Waals surface area contributed by atoms with Crippen LogP contribution in [0.4, 0.5) is 4.39 Å². The first-order chi connectivity index (χ1) is 8.97. The third-order valence-electron chi connectivity index (χ3n) is 3.25. The van der Waals surface area contributed by atoms with Crippen LogP contribution in [0.25, 0.3) is 0 Å². The molecule has 102 valence electrons. The predicted molar refractivity (Wildman–Crippen MR) is 78.0 cm³/mol. The van der Waals surface area contributed by atoms with Gasteiger partial charge >= 0.3 is 0 Å². The maximum Gasteiger partial charge on any atom is 0.148 e. The summed E-state index contributed by atoms with van der Waals surface area (Å²) in [4.78, 5) is 0. The molecular formula is C13H14BrClFN3. The summed E-state index contributed by atoms with van der Waals surface area (Å²) < 4.78 is 16.6. The first-order valence-corrected chi connectivity index (χ1v) is 6.93. The number of rotatable bonds is 3. The van der Waals surface area contributed by atoms with E-state index in [1.807, 2.05) is 14.0 Å². The third-order valence-corrected chi connectivity index (χ3v) is 4.51. The van der Waals surface area contributed by atoms with E-state index >= 15 is 0 Å². The molecule has 0 spiro atoms. The van der Waals surface area contributed by atoms with Crippen molar-refractivity contribution in [2.24, 2.45) is 7.05 Å². The Labute approximate surface area is 124 Å². The Kier molecular flexibility index (Phi) is 4.28. The van der Waals surface area contributed by atoms with Crippen molar-refractivity contribution in [3.8, 4) is 0 Å². The summed E-state index contributed by atoms with van der Waals surface area (Å²) in [6.45, 7) is 1.95. The molecule has 19 heavy (non-hydrogen) atoms. The van der Waals surface area contributed by atoms with E-state index in [0.717, 1.165) is 11.3 Å². The summed E-state index contributed by atoms with van der Waals surface area (Å²) in [7, 11) is 3.64. The van der Waals surface area contributed by atoms with E-state index in [1.54, 1.807) is 30.1 Å². The van der Waals surface area contributed by atoms with Crippen molar-refractivity contribution in [3.63, 3.8) is 0 Å². The smallest absolute Gasteiger partial charge is 0.148 e. The molecule has 1 aromatic carbocycles. The maximum atomic E-state index is 14.3. The van der Waals surface area contributed by atoms with Crippen molar-refractivity contribution in [1.82, 2.24) is 15.1 Å². The van der Waals surface area contributed by atoms with E-state index in [-0.39, 0.29) is 11.1 Å². The van der Waals surface area contributed by atoms with Gasteiger partial charge in [0.15, 0.2) is 0 Å². The minimum absolute atomic E-state index is 0.0966. The van der Waals surface area contributed by atoms with Crippen LogP contribution in [0.1, 0.15) is 22.9 Å². The minimum atomic E-state index is -0.418. The van der Waals surface area contributed by atoms with Gasteiger partial charge in [0.2, 0.25) is 0 Å². The lowest BCUT2D eigenvalue weighted by Gasteiger charge is -2.18. The van der Waals surface area contributed by atoms with Gasteiger partial charge in [-0.25, -0.2) is 4.39 Å². The molecule has 0 radical (unpaired) electrons. The third kappa shape index (κ3) is 2.55. The number of halogens is 3. The average molecular weight is 347 g/mol. The summed E-state index contributed by atoms with van der Waals surface area (Å²) in [5.74, 6) is -0.418. The van der Waals surface area contributed by atoms with Gasteiger partial charge in [0.1, 0.15) is 5.82 Å². The Bertz CT molecular complexity index is 612. The Balaban J connectivity index is 2.55. The van der Waals surface area contributed by atoms with Crippen LogP contribution >= 0.6 is 27.5 Å². The minimum Gasteiger partial charge on any atom is -0.309 e. The summed E-state index contributed by atoms with van der Waals surface area (Å²) in [5, 5.41) is 7.40. The molecule has 1 N–H and O–H groups in total. The van der Waals surface area contributed by atoms with Gasteiger partial charge in [-0.05, 0) is 36.0 Å². The Morgan fingerprint density at radius 1 is 1.42 bits per heavy atom. The van der Waals surface area contributed by atoms with Crippen LogP contribution < -0.4 is 5.32 Å². The molecule has 1 unspecified atom stereocenters. The molecule has 0 bridgehead atoms. The summed E-state index contributed by atoms with van der Waals surface area (Å²) >= 11 is 9.16. The lowest BCUT2D eigenvalue weighted by Crippen LogP contribution is -2.19. The molecule has 0 amide bonds. The normalized spacial score (nSPS) is 12.7. The fraction of sp³-hybridized carbons (Fsp3) is 0.308. The van der Waals surface area contributed by atoms with Crippen LogP contribution in [0, 0.1) is 12.7 Å². The van der Waals surface area contributed by atoms with Crippen molar-refractivity contribution in [2.75, 3.05) is 7.05 Å². The van der Waals surface area contributed by atoms with Gasteiger partial charge < -0.3 is 5.32 Å². The number of aryl methyl sites for hydroxylation is 1. The lowest BCUT2D eigenvalue weighted by atomic mass is 9.99. The van der Waals surface area contributed by atoms with E-state index < -0.39 is 5.82 Å². The molecule has 1 aromatic heterocycles. The molecule has 0 aliphatic rings. The average Bonchev–Trinajstić information content (AvgIpc) is 2.72. The molecule has 1 heterocycles. The number of aromatic nitrogens is 2. The van der Waals surface area contributed by atoms with Gasteiger partial charge in [-0.15, -0.1) is 0 Å². The van der Waals surface area contributed by atoms with Crippen molar-refractivity contribution in [1.29, 1.82) is 0 Å². The Morgan fingerprint density at radius 3 is 2.63 bits per heavy atom. The maximum absolute atomic E-state index is 14.3. The van der Waals surface area contributed by atoms with Gasteiger partial charge in [0.05, 0.1) is 17.3 Å². The van der Waals surface area contributed by atoms with E-state index in [9.17, 15) is 4.39 Å². The largest absolute Gasteiger partial charge is 0.309 e. The molecule has 0 saturated heterocycles. The monoisotopic (exact) mass is 345 g/mol. The highest BCUT2D eigenvalue weighted by molar-refractivity contribution is 9.10. The number of nitrogens with zero attached hydrogens (tertiary/aromatic N) is 2. The zero-order valence-electron chi connectivity index (χ0n) is 10.8. The molecule has 0 saturated carbocycles. The molecule has 1 atom stereocenters. The number of nitrogens with one attached hydrogen (secondary N) is 1. The molecule has 0 fully saturated rings. The molecule has 2 aromatic rings. The standard InChI is InChI=1S/C13H14BrClFN3/c1-7-9(6-18-19(7)3)13(17-2)8-4-5-10(14)11(15)12(8)16/h4-6,13,17H,1-3H3. The second-order valence-corrected chi connectivity index (χ2v) is 5.53. The van der Waals surface area contributed by atoms with Crippen LogP contribution in [-0.2, 0) is 7.05 Å². The van der Waals surface area contributed by atoms with Crippen LogP contribution in [0.5, 0.6) is 0 Å². The first kappa shape index (κ1) is 14.5. The number of hydrogen-bond donors (Lipinski definition) is 1. The highest BCUT2D eigenvalue weighted by atomic mass is 79.9. The van der Waals surface area contributed by atoms with Crippen molar-refractivity contribution in [2.45, 2.75) is 13.0 Å². The van der Waals surface area contributed by atoms with Gasteiger partial charge in [-0.1, -0.05) is 17.7 Å². The second kappa shape index (κ2) is 5.61. The van der Waals surface area contributed by atoms with Crippen LogP contribution in [0.15, 0.2) is 22.8 Å². The quantitative estimate of drug-likeness (QED) is 0.861. The van der Waals surface area contributed by atoms with Crippen molar-refractivity contribution in [3.05, 3.63) is 50.5 Å². The fourth-order valence-corrected chi connectivity index (χ4v) is 2.52. The Morgan fingerprint density at radius 2 is 2.11 bits per heavy atom. The van der Waals surface area contributed by atoms with Gasteiger partial charge in [0, 0.05) is 28.3 Å². The number of hydrogen-bond acceptors (Lipinski definition) is 2. The number of benzene rings is 1. The lowest BCUT2D eigenvalue weighted by molar-refractivity contribution is 0.574. The molecular weight excluding hydrogens is 333 g/mol. The highest BCUT2D eigenvalue weighted by Crippen LogP contribution is 2.33. The van der Waals surface area contributed by atoms with Gasteiger partial charge in [0.25, 0.3) is 0 Å².